The van der Waals surface area contributed by atoms with E-state index in [4.69, 9.17) is 9.57 Å². The summed E-state index contributed by atoms with van der Waals surface area (Å²) in [6, 6.07) is 0. The summed E-state index contributed by atoms with van der Waals surface area (Å²) in [7, 11) is 0. The standard InChI is InChI=1S/C9H12FNO3/c1-2-6-8-7(14-11-6)3-5(4-10)13-9(8)12/h5,7-8H,2-4H2,1H3/t5-,7+,8+/m0/s1. The Morgan fingerprint density at radius 2 is 2.43 bits per heavy atom. The minimum atomic E-state index is -0.657. The number of hydrogen-bond acceptors (Lipinski definition) is 4. The molecule has 4 nitrogen and oxygen atoms in total. The first-order valence-corrected chi connectivity index (χ1v) is 4.75. The van der Waals surface area contributed by atoms with Gasteiger partial charge in [-0.3, -0.25) is 4.79 Å². The Morgan fingerprint density at radius 3 is 3.07 bits per heavy atom. The SMILES string of the molecule is CCC1=NO[C@@H]2C[C@@H](CF)OC(=O)[C@H]12. The Hall–Kier alpha value is -1.13. The summed E-state index contributed by atoms with van der Waals surface area (Å²) in [4.78, 5) is 16.5. The van der Waals surface area contributed by atoms with Crippen LogP contribution < -0.4 is 0 Å². The first kappa shape index (κ1) is 9.43. The molecule has 1 saturated heterocycles. The van der Waals surface area contributed by atoms with E-state index in [-0.39, 0.29) is 6.10 Å². The number of hydrogen-bond donors (Lipinski definition) is 0. The van der Waals surface area contributed by atoms with Crippen LogP contribution in [0, 0.1) is 5.92 Å². The zero-order valence-corrected chi connectivity index (χ0v) is 7.90. The van der Waals surface area contributed by atoms with Crippen LogP contribution >= 0.6 is 0 Å². The number of carbonyl (C=O) groups is 1. The van der Waals surface area contributed by atoms with Crippen LogP contribution in [0.25, 0.3) is 0 Å². The molecule has 5 heteroatoms. The molecule has 1 fully saturated rings. The Morgan fingerprint density at radius 1 is 1.64 bits per heavy atom. The molecule has 2 rings (SSSR count). The predicted octanol–water partition coefficient (Wildman–Crippen LogP) is 1.05. The molecule has 0 aromatic rings. The van der Waals surface area contributed by atoms with Crippen molar-refractivity contribution in [2.45, 2.75) is 32.0 Å². The lowest BCUT2D eigenvalue weighted by Crippen LogP contribution is -2.43. The fourth-order valence-electron chi connectivity index (χ4n) is 1.86. The topological polar surface area (TPSA) is 47.9 Å². The van der Waals surface area contributed by atoms with Crippen molar-refractivity contribution >= 4 is 11.7 Å². The van der Waals surface area contributed by atoms with Crippen molar-refractivity contribution in [1.29, 1.82) is 0 Å². The minimum Gasteiger partial charge on any atom is -0.459 e. The number of halogens is 1. The predicted molar refractivity (Wildman–Crippen MR) is 46.6 cm³/mol. The second-order valence-electron chi connectivity index (χ2n) is 3.51. The van der Waals surface area contributed by atoms with Gasteiger partial charge in [0, 0.05) is 6.42 Å². The molecule has 0 aromatic carbocycles. The van der Waals surface area contributed by atoms with Crippen LogP contribution in [-0.4, -0.2) is 30.6 Å². The fourth-order valence-corrected chi connectivity index (χ4v) is 1.86. The van der Waals surface area contributed by atoms with E-state index in [1.54, 1.807) is 0 Å². The van der Waals surface area contributed by atoms with E-state index in [0.717, 1.165) is 0 Å². The molecule has 0 N–H and O–H groups in total. The number of cyclic esters (lactones) is 1. The van der Waals surface area contributed by atoms with Gasteiger partial charge in [0.05, 0.1) is 5.71 Å². The molecule has 0 amide bonds. The smallest absolute Gasteiger partial charge is 0.319 e. The molecule has 2 heterocycles. The first-order chi connectivity index (χ1) is 6.76. The molecule has 3 atom stereocenters. The van der Waals surface area contributed by atoms with Gasteiger partial charge in [-0.15, -0.1) is 0 Å². The Bertz CT molecular complexity index is 279. The molecular weight excluding hydrogens is 189 g/mol. The number of nitrogens with zero attached hydrogens (tertiary/aromatic N) is 1. The Labute approximate surface area is 81.1 Å². The maximum absolute atomic E-state index is 12.3. The molecule has 0 spiro atoms. The zero-order valence-electron chi connectivity index (χ0n) is 7.90. The average Bonchev–Trinajstić information content (AvgIpc) is 2.61. The zero-order chi connectivity index (χ0) is 10.1. The third-order valence-electron chi connectivity index (χ3n) is 2.60. The highest BCUT2D eigenvalue weighted by Crippen LogP contribution is 2.30. The molecule has 14 heavy (non-hydrogen) atoms. The summed E-state index contributed by atoms with van der Waals surface area (Å²) in [5, 5.41) is 3.81. The van der Waals surface area contributed by atoms with Crippen LogP contribution in [0.1, 0.15) is 19.8 Å². The van der Waals surface area contributed by atoms with Crippen LogP contribution in [0.2, 0.25) is 0 Å². The molecule has 78 valence electrons. The Balaban J connectivity index is 2.11. The lowest BCUT2D eigenvalue weighted by molar-refractivity contribution is -0.166. The van der Waals surface area contributed by atoms with Gasteiger partial charge >= 0.3 is 5.97 Å². The highest BCUT2D eigenvalue weighted by atomic mass is 19.1. The van der Waals surface area contributed by atoms with E-state index in [1.807, 2.05) is 6.92 Å². The Kier molecular flexibility index (Phi) is 2.39. The van der Waals surface area contributed by atoms with Crippen LogP contribution in [-0.2, 0) is 14.4 Å². The molecule has 0 unspecified atom stereocenters. The van der Waals surface area contributed by atoms with E-state index < -0.39 is 24.7 Å². The van der Waals surface area contributed by atoms with Gasteiger partial charge in [-0.05, 0) is 6.42 Å². The maximum Gasteiger partial charge on any atom is 0.319 e. The number of fused-ring (bicyclic) bond motifs is 1. The summed E-state index contributed by atoms with van der Waals surface area (Å²) in [5.41, 5.74) is 0.706. The number of alkyl halides is 1. The van der Waals surface area contributed by atoms with Gasteiger partial charge in [0.15, 0.2) is 0 Å². The van der Waals surface area contributed by atoms with Crippen molar-refractivity contribution in [1.82, 2.24) is 0 Å². The van der Waals surface area contributed by atoms with Gasteiger partial charge in [0.1, 0.15) is 24.8 Å². The third kappa shape index (κ3) is 1.36. The van der Waals surface area contributed by atoms with Gasteiger partial charge in [-0.25, -0.2) is 4.39 Å². The van der Waals surface area contributed by atoms with Crippen LogP contribution in [0.3, 0.4) is 0 Å². The van der Waals surface area contributed by atoms with Gasteiger partial charge in [-0.1, -0.05) is 12.1 Å². The van der Waals surface area contributed by atoms with Crippen molar-refractivity contribution in [3.05, 3.63) is 0 Å². The van der Waals surface area contributed by atoms with Gasteiger partial charge in [-0.2, -0.15) is 0 Å². The molecule has 0 radical (unpaired) electrons. The molecule has 2 aliphatic heterocycles. The third-order valence-corrected chi connectivity index (χ3v) is 2.60. The maximum atomic E-state index is 12.3. The lowest BCUT2D eigenvalue weighted by Gasteiger charge is -2.27. The molecule has 2 aliphatic rings. The van der Waals surface area contributed by atoms with Crippen molar-refractivity contribution in [2.75, 3.05) is 6.67 Å². The van der Waals surface area contributed by atoms with E-state index in [1.165, 1.54) is 0 Å². The normalized spacial score (nSPS) is 35.7. The van der Waals surface area contributed by atoms with Crippen molar-refractivity contribution in [3.63, 3.8) is 0 Å². The highest BCUT2D eigenvalue weighted by Gasteiger charge is 2.46. The van der Waals surface area contributed by atoms with E-state index in [9.17, 15) is 9.18 Å². The van der Waals surface area contributed by atoms with E-state index >= 15 is 0 Å². The minimum absolute atomic E-state index is 0.313. The summed E-state index contributed by atoms with van der Waals surface area (Å²) < 4.78 is 17.2. The molecule has 0 aromatic heterocycles. The number of ether oxygens (including phenoxy) is 1. The quantitative estimate of drug-likeness (QED) is 0.627. The highest BCUT2D eigenvalue weighted by molar-refractivity contribution is 6.03. The van der Waals surface area contributed by atoms with Crippen molar-refractivity contribution in [3.8, 4) is 0 Å². The first-order valence-electron chi connectivity index (χ1n) is 4.75. The van der Waals surface area contributed by atoms with Crippen LogP contribution in [0.5, 0.6) is 0 Å². The summed E-state index contributed by atoms with van der Waals surface area (Å²) >= 11 is 0. The fraction of sp³-hybridized carbons (Fsp3) is 0.778. The van der Waals surface area contributed by atoms with Gasteiger partial charge < -0.3 is 9.57 Å². The number of carbonyl (C=O) groups excluding carboxylic acids is 1. The average molecular weight is 201 g/mol. The molecular formula is C9H12FNO3. The molecule has 0 saturated carbocycles. The lowest BCUT2D eigenvalue weighted by atomic mass is 9.90. The second-order valence-corrected chi connectivity index (χ2v) is 3.51. The number of rotatable bonds is 2. The van der Waals surface area contributed by atoms with Crippen molar-refractivity contribution < 1.29 is 18.8 Å². The van der Waals surface area contributed by atoms with Crippen molar-refractivity contribution in [2.24, 2.45) is 11.1 Å². The van der Waals surface area contributed by atoms with E-state index in [0.29, 0.717) is 18.6 Å². The largest absolute Gasteiger partial charge is 0.459 e. The number of oxime groups is 1. The van der Waals surface area contributed by atoms with Crippen LogP contribution in [0.4, 0.5) is 4.39 Å². The summed E-state index contributed by atoms with van der Waals surface area (Å²) in [6.45, 7) is 1.25. The van der Waals surface area contributed by atoms with Gasteiger partial charge in [0.25, 0.3) is 0 Å². The van der Waals surface area contributed by atoms with E-state index in [2.05, 4.69) is 5.16 Å². The molecule has 0 bridgehead atoms. The summed E-state index contributed by atoms with van der Waals surface area (Å²) in [6.07, 6.45) is 0.0957. The second kappa shape index (κ2) is 3.55. The summed E-state index contributed by atoms with van der Waals surface area (Å²) in [5.74, 6) is -0.801. The monoisotopic (exact) mass is 201 g/mol. The van der Waals surface area contributed by atoms with Gasteiger partial charge in [0.2, 0.25) is 0 Å². The molecule has 0 aliphatic carbocycles. The van der Waals surface area contributed by atoms with Crippen LogP contribution in [0.15, 0.2) is 5.16 Å². The number of esters is 1.